The van der Waals surface area contributed by atoms with Gasteiger partial charge in [-0.1, -0.05) is 28.6 Å². The van der Waals surface area contributed by atoms with Crippen LogP contribution >= 0.6 is 23.1 Å². The molecule has 2 aromatic heterocycles. The van der Waals surface area contributed by atoms with Crippen molar-refractivity contribution in [2.45, 2.75) is 20.4 Å². The monoisotopic (exact) mass is 416 g/mol. The normalized spacial score (nSPS) is 11.7. The van der Waals surface area contributed by atoms with Crippen molar-refractivity contribution in [2.24, 2.45) is 4.99 Å². The molecule has 1 aromatic carbocycles. The lowest BCUT2D eigenvalue weighted by Crippen LogP contribution is -2.18. The standard InChI is InChI=1S/C19H20N4O3S2/c1-4-7-23-14-6-5-12(2)8-15(14)28-19(23)21-18(25)11-27-10-17(24)20-16-9-13(3)26-22-16/h4-6,8-9H,1,7,10-11H2,2-3H3,(H,20,22,24). The van der Waals surface area contributed by atoms with Crippen molar-refractivity contribution >= 4 is 50.9 Å². The molecule has 1 N–H and O–H groups in total. The van der Waals surface area contributed by atoms with Gasteiger partial charge in [0.25, 0.3) is 5.91 Å². The zero-order valence-corrected chi connectivity index (χ0v) is 17.2. The quantitative estimate of drug-likeness (QED) is 0.597. The van der Waals surface area contributed by atoms with E-state index in [9.17, 15) is 9.59 Å². The maximum Gasteiger partial charge on any atom is 0.258 e. The summed E-state index contributed by atoms with van der Waals surface area (Å²) in [5.41, 5.74) is 2.18. The summed E-state index contributed by atoms with van der Waals surface area (Å²) in [5.74, 6) is 0.702. The van der Waals surface area contributed by atoms with Crippen LogP contribution in [-0.4, -0.2) is 33.0 Å². The molecule has 146 valence electrons. The number of nitrogens with one attached hydrogen (secondary N) is 1. The van der Waals surface area contributed by atoms with Crippen molar-refractivity contribution < 1.29 is 14.1 Å². The minimum atomic E-state index is -0.281. The molecule has 3 aromatic rings. The second-order valence-corrected chi connectivity index (χ2v) is 8.12. The number of thiazole rings is 1. The van der Waals surface area contributed by atoms with E-state index in [0.717, 1.165) is 15.8 Å². The second-order valence-electron chi connectivity index (χ2n) is 6.12. The number of carbonyl (C=O) groups is 2. The molecule has 0 saturated heterocycles. The summed E-state index contributed by atoms with van der Waals surface area (Å²) in [4.78, 5) is 29.0. The van der Waals surface area contributed by atoms with Gasteiger partial charge in [0, 0.05) is 12.6 Å². The van der Waals surface area contributed by atoms with Crippen LogP contribution in [0, 0.1) is 13.8 Å². The SMILES string of the molecule is C=CCn1c(=NC(=O)CSCC(=O)Nc2cc(C)on2)sc2cc(C)ccc21. The van der Waals surface area contributed by atoms with Gasteiger partial charge < -0.3 is 14.4 Å². The number of hydrogen-bond donors (Lipinski definition) is 1. The van der Waals surface area contributed by atoms with E-state index in [1.165, 1.54) is 23.1 Å². The van der Waals surface area contributed by atoms with Crippen LogP contribution in [0.2, 0.25) is 0 Å². The van der Waals surface area contributed by atoms with E-state index in [1.54, 1.807) is 19.1 Å². The molecular weight excluding hydrogens is 396 g/mol. The number of amides is 2. The number of fused-ring (bicyclic) bond motifs is 1. The van der Waals surface area contributed by atoms with Gasteiger partial charge in [-0.25, -0.2) is 0 Å². The largest absolute Gasteiger partial charge is 0.360 e. The van der Waals surface area contributed by atoms with Crippen molar-refractivity contribution in [3.05, 3.63) is 53.0 Å². The van der Waals surface area contributed by atoms with E-state index in [1.807, 2.05) is 23.6 Å². The number of carbonyl (C=O) groups excluding carboxylic acids is 2. The number of anilines is 1. The first-order valence-electron chi connectivity index (χ1n) is 8.55. The highest BCUT2D eigenvalue weighted by Crippen LogP contribution is 2.19. The lowest BCUT2D eigenvalue weighted by Gasteiger charge is -2.01. The fourth-order valence-electron chi connectivity index (χ4n) is 2.55. The van der Waals surface area contributed by atoms with Crippen LogP contribution < -0.4 is 10.1 Å². The summed E-state index contributed by atoms with van der Waals surface area (Å²) in [6.45, 7) is 8.12. The van der Waals surface area contributed by atoms with Crippen molar-refractivity contribution in [3.63, 3.8) is 0 Å². The Kier molecular flexibility index (Phi) is 6.48. The predicted octanol–water partition coefficient (Wildman–Crippen LogP) is 3.29. The number of thioether (sulfide) groups is 1. The van der Waals surface area contributed by atoms with E-state index >= 15 is 0 Å². The maximum absolute atomic E-state index is 12.3. The summed E-state index contributed by atoms with van der Waals surface area (Å²) in [7, 11) is 0. The highest BCUT2D eigenvalue weighted by Gasteiger charge is 2.10. The van der Waals surface area contributed by atoms with Gasteiger partial charge in [-0.05, 0) is 31.5 Å². The summed E-state index contributed by atoms with van der Waals surface area (Å²) in [6, 6.07) is 7.77. The lowest BCUT2D eigenvalue weighted by atomic mass is 10.2. The molecule has 0 aliphatic carbocycles. The molecule has 0 aliphatic heterocycles. The molecule has 3 rings (SSSR count). The van der Waals surface area contributed by atoms with Gasteiger partial charge >= 0.3 is 0 Å². The highest BCUT2D eigenvalue weighted by molar-refractivity contribution is 8.00. The van der Waals surface area contributed by atoms with Gasteiger partial charge in [-0.15, -0.1) is 18.3 Å². The molecule has 2 amide bonds. The van der Waals surface area contributed by atoms with Gasteiger partial charge in [-0.3, -0.25) is 9.59 Å². The Morgan fingerprint density at radius 1 is 1.36 bits per heavy atom. The van der Waals surface area contributed by atoms with Gasteiger partial charge in [0.1, 0.15) is 5.76 Å². The van der Waals surface area contributed by atoms with Crippen LogP contribution in [-0.2, 0) is 16.1 Å². The molecule has 7 nitrogen and oxygen atoms in total. The molecule has 0 bridgehead atoms. The van der Waals surface area contributed by atoms with Crippen LogP contribution in [0.5, 0.6) is 0 Å². The Hall–Kier alpha value is -2.65. The molecule has 0 radical (unpaired) electrons. The van der Waals surface area contributed by atoms with E-state index in [0.29, 0.717) is 22.9 Å². The van der Waals surface area contributed by atoms with E-state index in [2.05, 4.69) is 28.1 Å². The van der Waals surface area contributed by atoms with Crippen molar-refractivity contribution in [3.8, 4) is 0 Å². The molecule has 0 saturated carbocycles. The average Bonchev–Trinajstić information content (AvgIpc) is 3.18. The van der Waals surface area contributed by atoms with Crippen LogP contribution in [0.3, 0.4) is 0 Å². The molecule has 0 spiro atoms. The first-order chi connectivity index (χ1) is 13.5. The molecule has 0 fully saturated rings. The molecule has 0 unspecified atom stereocenters. The Bertz CT molecular complexity index is 1090. The van der Waals surface area contributed by atoms with Gasteiger partial charge in [0.15, 0.2) is 10.6 Å². The fraction of sp³-hybridized carbons (Fsp3) is 0.263. The molecular formula is C19H20N4O3S2. The average molecular weight is 417 g/mol. The zero-order chi connectivity index (χ0) is 20.1. The minimum Gasteiger partial charge on any atom is -0.360 e. The smallest absolute Gasteiger partial charge is 0.258 e. The topological polar surface area (TPSA) is 89.5 Å². The number of allylic oxidation sites excluding steroid dienone is 1. The summed E-state index contributed by atoms with van der Waals surface area (Å²) >= 11 is 2.68. The first-order valence-corrected chi connectivity index (χ1v) is 10.5. The Labute approximate surface area is 170 Å². The third-order valence-electron chi connectivity index (χ3n) is 3.72. The zero-order valence-electron chi connectivity index (χ0n) is 15.6. The third kappa shape index (κ3) is 4.99. The minimum absolute atomic E-state index is 0.118. The van der Waals surface area contributed by atoms with Crippen molar-refractivity contribution in [1.82, 2.24) is 9.72 Å². The molecule has 2 heterocycles. The number of rotatable bonds is 7. The molecule has 28 heavy (non-hydrogen) atoms. The van der Waals surface area contributed by atoms with E-state index in [-0.39, 0.29) is 23.3 Å². The van der Waals surface area contributed by atoms with Crippen molar-refractivity contribution in [2.75, 3.05) is 16.8 Å². The van der Waals surface area contributed by atoms with Gasteiger partial charge in [-0.2, -0.15) is 4.99 Å². The summed E-state index contributed by atoms with van der Waals surface area (Å²) in [5, 5.41) is 6.31. The molecule has 0 atom stereocenters. The Morgan fingerprint density at radius 2 is 2.18 bits per heavy atom. The number of nitrogens with zero attached hydrogens (tertiary/aromatic N) is 3. The molecule has 9 heteroatoms. The van der Waals surface area contributed by atoms with Gasteiger partial charge in [0.2, 0.25) is 5.91 Å². The van der Waals surface area contributed by atoms with E-state index < -0.39 is 0 Å². The summed E-state index contributed by atoms with van der Waals surface area (Å²) in [6.07, 6.45) is 1.78. The Balaban J connectivity index is 1.64. The third-order valence-corrected chi connectivity index (χ3v) is 5.68. The van der Waals surface area contributed by atoms with Crippen molar-refractivity contribution in [1.29, 1.82) is 0 Å². The first kappa shape index (κ1) is 20.1. The highest BCUT2D eigenvalue weighted by atomic mass is 32.2. The lowest BCUT2D eigenvalue weighted by molar-refractivity contribution is -0.115. The molecule has 0 aliphatic rings. The van der Waals surface area contributed by atoms with Gasteiger partial charge in [0.05, 0.1) is 21.7 Å². The van der Waals surface area contributed by atoms with E-state index in [4.69, 9.17) is 4.52 Å². The number of aryl methyl sites for hydroxylation is 2. The number of benzene rings is 1. The maximum atomic E-state index is 12.3. The van der Waals surface area contributed by atoms with Crippen LogP contribution in [0.1, 0.15) is 11.3 Å². The Morgan fingerprint density at radius 3 is 2.89 bits per heavy atom. The van der Waals surface area contributed by atoms with Crippen LogP contribution in [0.15, 0.2) is 46.4 Å². The van der Waals surface area contributed by atoms with Crippen LogP contribution in [0.4, 0.5) is 5.82 Å². The summed E-state index contributed by atoms with van der Waals surface area (Å²) < 4.78 is 7.93. The predicted molar refractivity (Wildman–Crippen MR) is 113 cm³/mol. The number of hydrogen-bond acceptors (Lipinski definition) is 6. The number of aromatic nitrogens is 2. The van der Waals surface area contributed by atoms with Crippen LogP contribution in [0.25, 0.3) is 10.2 Å². The second kappa shape index (κ2) is 9.03. The fourth-order valence-corrected chi connectivity index (χ4v) is 4.30.